The highest BCUT2D eigenvalue weighted by atomic mass is 16.5. The van der Waals surface area contributed by atoms with Crippen molar-refractivity contribution < 1.29 is 14.3 Å². The minimum Gasteiger partial charge on any atom is -0.494 e. The van der Waals surface area contributed by atoms with Crippen LogP contribution in [0.4, 0.5) is 0 Å². The molecule has 1 N–H and O–H groups in total. The maximum atomic E-state index is 12.7. The summed E-state index contributed by atoms with van der Waals surface area (Å²) in [6, 6.07) is 5.69. The number of amides is 1. The zero-order valence-corrected chi connectivity index (χ0v) is 16.4. The molecule has 1 aromatic carbocycles. The molecule has 4 heteroatoms. The summed E-state index contributed by atoms with van der Waals surface area (Å²) in [5.74, 6) is 2.01. The number of benzene rings is 1. The molecule has 0 aliphatic heterocycles. The highest BCUT2D eigenvalue weighted by Crippen LogP contribution is 2.38. The van der Waals surface area contributed by atoms with Crippen LogP contribution in [0.1, 0.15) is 70.7 Å². The number of nitrogens with one attached hydrogen (secondary N) is 1. The lowest BCUT2D eigenvalue weighted by molar-refractivity contribution is 0.0900. The number of carbonyl (C=O) groups is 1. The predicted molar refractivity (Wildman–Crippen MR) is 101 cm³/mol. The predicted octanol–water partition coefficient (Wildman–Crippen LogP) is 4.82. The van der Waals surface area contributed by atoms with Crippen LogP contribution in [0.3, 0.4) is 0 Å². The molecule has 1 aliphatic rings. The lowest BCUT2D eigenvalue weighted by atomic mass is 9.71. The number of rotatable bonds is 6. The zero-order valence-electron chi connectivity index (χ0n) is 16.4. The standard InChI is InChI=1S/C21H33NO3/c1-6-24-17-12-13-18(19(14-17)25-7-2)20(23)22-16-10-8-15(9-11-16)21(3,4)5/h12-16H,6-11H2,1-5H3,(H,22,23). The topological polar surface area (TPSA) is 47.6 Å². The van der Waals surface area contributed by atoms with Gasteiger partial charge in [0.1, 0.15) is 11.5 Å². The van der Waals surface area contributed by atoms with E-state index >= 15 is 0 Å². The molecular weight excluding hydrogens is 314 g/mol. The largest absolute Gasteiger partial charge is 0.494 e. The van der Waals surface area contributed by atoms with Gasteiger partial charge in [-0.15, -0.1) is 0 Å². The first-order chi connectivity index (χ1) is 11.8. The minimum atomic E-state index is -0.0503. The van der Waals surface area contributed by atoms with Crippen LogP contribution in [-0.4, -0.2) is 25.2 Å². The van der Waals surface area contributed by atoms with Crippen molar-refractivity contribution in [3.05, 3.63) is 23.8 Å². The van der Waals surface area contributed by atoms with Crippen molar-refractivity contribution in [2.75, 3.05) is 13.2 Å². The highest BCUT2D eigenvalue weighted by molar-refractivity contribution is 5.97. The highest BCUT2D eigenvalue weighted by Gasteiger charge is 2.30. The van der Waals surface area contributed by atoms with Crippen LogP contribution in [0, 0.1) is 11.3 Å². The Bertz CT molecular complexity index is 569. The number of carbonyl (C=O) groups excluding carboxylic acids is 1. The van der Waals surface area contributed by atoms with Crippen LogP contribution in [0.25, 0.3) is 0 Å². The van der Waals surface area contributed by atoms with Crippen molar-refractivity contribution in [1.29, 1.82) is 0 Å². The van der Waals surface area contributed by atoms with E-state index < -0.39 is 0 Å². The van der Waals surface area contributed by atoms with Gasteiger partial charge in [0.25, 0.3) is 5.91 Å². The Morgan fingerprint density at radius 1 is 1.08 bits per heavy atom. The van der Waals surface area contributed by atoms with Crippen LogP contribution >= 0.6 is 0 Å². The Labute approximate surface area is 152 Å². The third-order valence-corrected chi connectivity index (χ3v) is 5.10. The van der Waals surface area contributed by atoms with Gasteiger partial charge >= 0.3 is 0 Å². The average Bonchev–Trinajstić information content (AvgIpc) is 2.55. The van der Waals surface area contributed by atoms with Gasteiger partial charge in [-0.1, -0.05) is 20.8 Å². The third kappa shape index (κ3) is 5.38. The molecule has 0 aromatic heterocycles. The molecule has 140 valence electrons. The minimum absolute atomic E-state index is 0.0503. The van der Waals surface area contributed by atoms with Crippen LogP contribution in [0.15, 0.2) is 18.2 Å². The van der Waals surface area contributed by atoms with E-state index in [2.05, 4.69) is 26.1 Å². The molecule has 0 bridgehead atoms. The van der Waals surface area contributed by atoms with Gasteiger partial charge in [0, 0.05) is 12.1 Å². The first-order valence-electron chi connectivity index (χ1n) is 9.55. The quantitative estimate of drug-likeness (QED) is 0.802. The van der Waals surface area contributed by atoms with Crippen molar-refractivity contribution in [2.45, 2.75) is 66.3 Å². The van der Waals surface area contributed by atoms with Gasteiger partial charge in [0.15, 0.2) is 0 Å². The summed E-state index contributed by atoms with van der Waals surface area (Å²) in [5.41, 5.74) is 0.940. The normalized spacial score (nSPS) is 20.8. The van der Waals surface area contributed by atoms with Crippen molar-refractivity contribution in [1.82, 2.24) is 5.32 Å². The second kappa shape index (κ2) is 8.59. The van der Waals surface area contributed by atoms with E-state index in [1.165, 1.54) is 12.8 Å². The Balaban J connectivity index is 2.01. The Hall–Kier alpha value is -1.71. The molecular formula is C21H33NO3. The van der Waals surface area contributed by atoms with Crippen LogP contribution < -0.4 is 14.8 Å². The Morgan fingerprint density at radius 3 is 2.28 bits per heavy atom. The summed E-state index contributed by atoms with van der Waals surface area (Å²) in [6.45, 7) is 11.9. The number of hydrogen-bond acceptors (Lipinski definition) is 3. The van der Waals surface area contributed by atoms with Crippen molar-refractivity contribution in [3.63, 3.8) is 0 Å². The maximum Gasteiger partial charge on any atom is 0.255 e. The molecule has 0 spiro atoms. The van der Waals surface area contributed by atoms with E-state index in [1.54, 1.807) is 12.1 Å². The van der Waals surface area contributed by atoms with E-state index in [9.17, 15) is 4.79 Å². The van der Waals surface area contributed by atoms with E-state index in [-0.39, 0.29) is 11.9 Å². The fourth-order valence-corrected chi connectivity index (χ4v) is 3.59. The number of ether oxygens (including phenoxy) is 2. The molecule has 0 saturated heterocycles. The molecule has 1 aliphatic carbocycles. The number of hydrogen-bond donors (Lipinski definition) is 1. The van der Waals surface area contributed by atoms with E-state index in [4.69, 9.17) is 9.47 Å². The summed E-state index contributed by atoms with van der Waals surface area (Å²) in [5, 5.41) is 3.20. The summed E-state index contributed by atoms with van der Waals surface area (Å²) < 4.78 is 11.2. The lowest BCUT2D eigenvalue weighted by Gasteiger charge is -2.37. The van der Waals surface area contributed by atoms with Gasteiger partial charge in [0.05, 0.1) is 18.8 Å². The summed E-state index contributed by atoms with van der Waals surface area (Å²) in [7, 11) is 0. The van der Waals surface area contributed by atoms with Gasteiger partial charge in [-0.05, 0) is 63.0 Å². The second-order valence-corrected chi connectivity index (χ2v) is 7.91. The summed E-state index contributed by atoms with van der Waals surface area (Å²) in [6.07, 6.45) is 4.45. The van der Waals surface area contributed by atoms with Crippen molar-refractivity contribution in [2.24, 2.45) is 11.3 Å². The smallest absolute Gasteiger partial charge is 0.255 e. The molecule has 25 heavy (non-hydrogen) atoms. The van der Waals surface area contributed by atoms with Gasteiger partial charge in [0.2, 0.25) is 0 Å². The summed E-state index contributed by atoms with van der Waals surface area (Å²) in [4.78, 5) is 12.7. The molecule has 2 rings (SSSR count). The van der Waals surface area contributed by atoms with Gasteiger partial charge in [-0.3, -0.25) is 4.79 Å². The lowest BCUT2D eigenvalue weighted by Crippen LogP contribution is -2.39. The SMILES string of the molecule is CCOc1ccc(C(=O)NC2CCC(C(C)(C)C)CC2)c(OCC)c1. The van der Waals surface area contributed by atoms with Crippen molar-refractivity contribution in [3.8, 4) is 11.5 Å². The van der Waals surface area contributed by atoms with E-state index in [1.807, 2.05) is 19.9 Å². The summed E-state index contributed by atoms with van der Waals surface area (Å²) >= 11 is 0. The Morgan fingerprint density at radius 2 is 1.72 bits per heavy atom. The third-order valence-electron chi connectivity index (χ3n) is 5.10. The molecule has 0 atom stereocenters. The fraction of sp³-hybridized carbons (Fsp3) is 0.667. The molecule has 0 heterocycles. The molecule has 0 unspecified atom stereocenters. The van der Waals surface area contributed by atoms with Crippen molar-refractivity contribution >= 4 is 5.91 Å². The maximum absolute atomic E-state index is 12.7. The molecule has 1 amide bonds. The van der Waals surface area contributed by atoms with Gasteiger partial charge < -0.3 is 14.8 Å². The molecule has 0 radical (unpaired) electrons. The molecule has 1 fully saturated rings. The van der Waals surface area contributed by atoms with E-state index in [0.29, 0.717) is 29.9 Å². The van der Waals surface area contributed by atoms with E-state index in [0.717, 1.165) is 24.5 Å². The van der Waals surface area contributed by atoms with Crippen LogP contribution in [0.2, 0.25) is 0 Å². The molecule has 1 aromatic rings. The zero-order chi connectivity index (χ0) is 18.4. The second-order valence-electron chi connectivity index (χ2n) is 7.91. The van der Waals surface area contributed by atoms with Crippen LogP contribution in [-0.2, 0) is 0 Å². The Kier molecular flexibility index (Phi) is 6.74. The first-order valence-corrected chi connectivity index (χ1v) is 9.55. The first kappa shape index (κ1) is 19.6. The monoisotopic (exact) mass is 347 g/mol. The van der Waals surface area contributed by atoms with Gasteiger partial charge in [-0.25, -0.2) is 0 Å². The van der Waals surface area contributed by atoms with Gasteiger partial charge in [-0.2, -0.15) is 0 Å². The fourth-order valence-electron chi connectivity index (χ4n) is 3.59. The molecule has 4 nitrogen and oxygen atoms in total. The molecule has 1 saturated carbocycles. The average molecular weight is 347 g/mol. The van der Waals surface area contributed by atoms with Crippen LogP contribution in [0.5, 0.6) is 11.5 Å².